The fourth-order valence-electron chi connectivity index (χ4n) is 3.83. The average molecular weight is 394 g/mol. The minimum atomic E-state index is 0.662. The number of anilines is 3. The Hall–Kier alpha value is -3.75. The summed E-state index contributed by atoms with van der Waals surface area (Å²) in [7, 11) is 0. The highest BCUT2D eigenvalue weighted by atomic mass is 16.5. The summed E-state index contributed by atoms with van der Waals surface area (Å²) >= 11 is 0. The smallest absolute Gasteiger partial charge is 0.0992 e. The fourth-order valence-corrected chi connectivity index (χ4v) is 3.83. The molecule has 2 N–H and O–H groups in total. The highest BCUT2D eigenvalue weighted by molar-refractivity contribution is 5.87. The zero-order valence-corrected chi connectivity index (χ0v) is 16.6. The van der Waals surface area contributed by atoms with Crippen LogP contribution in [0.25, 0.3) is 22.2 Å². The van der Waals surface area contributed by atoms with Crippen molar-refractivity contribution in [1.29, 1.82) is 5.26 Å². The number of benzene rings is 3. The summed E-state index contributed by atoms with van der Waals surface area (Å²) in [5.41, 5.74) is 7.13. The Kier molecular flexibility index (Phi) is 4.84. The van der Waals surface area contributed by atoms with Crippen molar-refractivity contribution in [3.63, 3.8) is 0 Å². The third kappa shape index (κ3) is 3.73. The lowest BCUT2D eigenvalue weighted by atomic mass is 10.1. The number of rotatable bonds is 4. The van der Waals surface area contributed by atoms with E-state index in [2.05, 4.69) is 75.9 Å². The van der Waals surface area contributed by atoms with Crippen LogP contribution in [0.4, 0.5) is 17.1 Å². The Balaban J connectivity index is 1.30. The van der Waals surface area contributed by atoms with Crippen LogP contribution in [0.5, 0.6) is 0 Å². The molecule has 0 saturated carbocycles. The molecule has 30 heavy (non-hydrogen) atoms. The van der Waals surface area contributed by atoms with E-state index in [4.69, 9.17) is 10.00 Å². The van der Waals surface area contributed by atoms with Crippen molar-refractivity contribution < 1.29 is 4.74 Å². The van der Waals surface area contributed by atoms with Gasteiger partial charge in [-0.25, -0.2) is 0 Å². The predicted molar refractivity (Wildman–Crippen MR) is 121 cm³/mol. The van der Waals surface area contributed by atoms with E-state index in [0.717, 1.165) is 59.8 Å². The van der Waals surface area contributed by atoms with Crippen LogP contribution >= 0.6 is 0 Å². The highest BCUT2D eigenvalue weighted by Gasteiger charge is 2.11. The molecule has 0 spiro atoms. The number of aromatic nitrogens is 1. The van der Waals surface area contributed by atoms with Crippen molar-refractivity contribution in [1.82, 2.24) is 4.98 Å². The van der Waals surface area contributed by atoms with E-state index in [1.54, 1.807) is 0 Å². The minimum Gasteiger partial charge on any atom is -0.378 e. The summed E-state index contributed by atoms with van der Waals surface area (Å²) in [5.74, 6) is 0. The van der Waals surface area contributed by atoms with E-state index in [0.29, 0.717) is 5.56 Å². The second-order valence-corrected chi connectivity index (χ2v) is 7.45. The van der Waals surface area contributed by atoms with Gasteiger partial charge < -0.3 is 19.9 Å². The van der Waals surface area contributed by atoms with Crippen molar-refractivity contribution in [2.45, 2.75) is 0 Å². The highest BCUT2D eigenvalue weighted by Crippen LogP contribution is 2.27. The molecule has 1 aromatic heterocycles. The molecule has 3 aromatic carbocycles. The average Bonchev–Trinajstić information content (AvgIpc) is 3.24. The fraction of sp³-hybridized carbons (Fsp3) is 0.160. The topological polar surface area (TPSA) is 64.1 Å². The zero-order chi connectivity index (χ0) is 20.3. The molecule has 0 amide bonds. The Labute approximate surface area is 175 Å². The quantitative estimate of drug-likeness (QED) is 0.494. The summed E-state index contributed by atoms with van der Waals surface area (Å²) in [4.78, 5) is 5.76. The van der Waals surface area contributed by atoms with Gasteiger partial charge in [0.2, 0.25) is 0 Å². The van der Waals surface area contributed by atoms with Crippen LogP contribution in [0.15, 0.2) is 72.8 Å². The van der Waals surface area contributed by atoms with Gasteiger partial charge in [0.05, 0.1) is 24.8 Å². The third-order valence-electron chi connectivity index (χ3n) is 5.48. The summed E-state index contributed by atoms with van der Waals surface area (Å²) in [5, 5.41) is 13.6. The maximum absolute atomic E-state index is 9.08. The van der Waals surface area contributed by atoms with Crippen molar-refractivity contribution in [2.24, 2.45) is 0 Å². The number of nitrogens with zero attached hydrogens (tertiary/aromatic N) is 2. The van der Waals surface area contributed by atoms with E-state index in [-0.39, 0.29) is 0 Å². The molecule has 0 radical (unpaired) electrons. The van der Waals surface area contributed by atoms with Gasteiger partial charge in [-0.2, -0.15) is 5.26 Å². The van der Waals surface area contributed by atoms with Gasteiger partial charge in [-0.05, 0) is 60.2 Å². The number of H-pyrrole nitrogens is 1. The molecule has 0 aliphatic carbocycles. The Morgan fingerprint density at radius 1 is 0.867 bits per heavy atom. The molecular weight excluding hydrogens is 372 g/mol. The maximum Gasteiger partial charge on any atom is 0.0992 e. The largest absolute Gasteiger partial charge is 0.378 e. The van der Waals surface area contributed by atoms with Gasteiger partial charge in [0.25, 0.3) is 0 Å². The first-order chi connectivity index (χ1) is 14.8. The van der Waals surface area contributed by atoms with Crippen LogP contribution in [0.1, 0.15) is 5.56 Å². The first-order valence-corrected chi connectivity index (χ1v) is 10.1. The monoisotopic (exact) mass is 394 g/mol. The second-order valence-electron chi connectivity index (χ2n) is 7.45. The third-order valence-corrected chi connectivity index (χ3v) is 5.48. The number of ether oxygens (including phenoxy) is 1. The van der Waals surface area contributed by atoms with Crippen LogP contribution in [0.3, 0.4) is 0 Å². The van der Waals surface area contributed by atoms with Crippen LogP contribution in [0.2, 0.25) is 0 Å². The molecule has 0 atom stereocenters. The van der Waals surface area contributed by atoms with Gasteiger partial charge in [0.1, 0.15) is 0 Å². The number of hydrogen-bond donors (Lipinski definition) is 2. The maximum atomic E-state index is 9.08. The summed E-state index contributed by atoms with van der Waals surface area (Å²) < 4.78 is 5.42. The van der Waals surface area contributed by atoms with Crippen molar-refractivity contribution in [2.75, 3.05) is 36.5 Å². The normalized spacial score (nSPS) is 13.9. The molecule has 1 aliphatic rings. The van der Waals surface area contributed by atoms with Crippen LogP contribution in [0, 0.1) is 11.3 Å². The summed E-state index contributed by atoms with van der Waals surface area (Å²) in [6, 6.07) is 26.9. The van der Waals surface area contributed by atoms with Gasteiger partial charge in [-0.3, -0.25) is 0 Å². The Bertz CT molecular complexity index is 1200. The number of morpholine rings is 1. The Morgan fingerprint density at radius 3 is 2.27 bits per heavy atom. The molecule has 5 rings (SSSR count). The molecule has 5 nitrogen and oxygen atoms in total. The lowest BCUT2D eigenvalue weighted by molar-refractivity contribution is 0.122. The van der Waals surface area contributed by atoms with Gasteiger partial charge in [-0.15, -0.1) is 0 Å². The van der Waals surface area contributed by atoms with Crippen molar-refractivity contribution in [3.8, 4) is 17.3 Å². The zero-order valence-electron chi connectivity index (χ0n) is 16.6. The van der Waals surface area contributed by atoms with E-state index >= 15 is 0 Å². The van der Waals surface area contributed by atoms with Crippen molar-refractivity contribution in [3.05, 3.63) is 78.4 Å². The molecule has 1 aliphatic heterocycles. The SMILES string of the molecule is N#Cc1ccc2cc(-c3ccc(Nc4ccc(N5CCOCC5)cc4)cc3)[nH]c2c1. The number of nitriles is 1. The van der Waals surface area contributed by atoms with Gasteiger partial charge in [0, 0.05) is 46.7 Å². The first kappa shape index (κ1) is 18.3. The minimum absolute atomic E-state index is 0.662. The second kappa shape index (κ2) is 7.94. The number of nitrogens with one attached hydrogen (secondary N) is 2. The molecule has 0 unspecified atom stereocenters. The number of aromatic amines is 1. The first-order valence-electron chi connectivity index (χ1n) is 10.1. The lowest BCUT2D eigenvalue weighted by Crippen LogP contribution is -2.36. The van der Waals surface area contributed by atoms with Crippen molar-refractivity contribution >= 4 is 28.0 Å². The van der Waals surface area contributed by atoms with Gasteiger partial charge >= 0.3 is 0 Å². The standard InChI is InChI=1S/C25H22N4O/c26-17-18-1-2-20-16-25(28-24(20)15-18)19-3-5-21(6-4-19)27-22-7-9-23(10-8-22)29-11-13-30-14-12-29/h1-10,15-16,27-28H,11-14H2. The summed E-state index contributed by atoms with van der Waals surface area (Å²) in [6.45, 7) is 3.48. The van der Waals surface area contributed by atoms with Crippen LogP contribution < -0.4 is 10.2 Å². The van der Waals surface area contributed by atoms with E-state index in [1.165, 1.54) is 5.69 Å². The molecule has 1 fully saturated rings. The van der Waals surface area contributed by atoms with Crippen LogP contribution in [-0.2, 0) is 4.74 Å². The summed E-state index contributed by atoms with van der Waals surface area (Å²) in [6.07, 6.45) is 0. The molecular formula is C25H22N4O. The molecule has 0 bridgehead atoms. The lowest BCUT2D eigenvalue weighted by Gasteiger charge is -2.28. The molecule has 4 aromatic rings. The number of fused-ring (bicyclic) bond motifs is 1. The predicted octanol–water partition coefficient (Wildman–Crippen LogP) is 5.29. The molecule has 5 heteroatoms. The van der Waals surface area contributed by atoms with E-state index < -0.39 is 0 Å². The van der Waals surface area contributed by atoms with Gasteiger partial charge in [0.15, 0.2) is 0 Å². The molecule has 1 saturated heterocycles. The van der Waals surface area contributed by atoms with E-state index in [1.807, 2.05) is 18.2 Å². The number of hydrogen-bond acceptors (Lipinski definition) is 4. The molecule has 148 valence electrons. The van der Waals surface area contributed by atoms with E-state index in [9.17, 15) is 0 Å². The van der Waals surface area contributed by atoms with Crippen LogP contribution in [-0.4, -0.2) is 31.3 Å². The molecule has 2 heterocycles. The Morgan fingerprint density at radius 2 is 1.57 bits per heavy atom. The van der Waals surface area contributed by atoms with Gasteiger partial charge in [-0.1, -0.05) is 18.2 Å².